The number of nitro benzene ring substituents is 1. The highest BCUT2D eigenvalue weighted by atomic mass is 35.5. The maximum Gasteiger partial charge on any atom is 0.269 e. The van der Waals surface area contributed by atoms with E-state index in [4.69, 9.17) is 16.3 Å². The average Bonchev–Trinajstić information content (AvgIpc) is 2.58. The molecule has 8 heteroatoms. The number of carbonyl (C=O) groups is 1. The highest BCUT2D eigenvalue weighted by Crippen LogP contribution is 2.21. The third kappa shape index (κ3) is 5.58. The van der Waals surface area contributed by atoms with Gasteiger partial charge in [0.25, 0.3) is 5.69 Å². The molecule has 0 aliphatic rings. The van der Waals surface area contributed by atoms with Gasteiger partial charge in [-0.3, -0.25) is 14.9 Å². The van der Waals surface area contributed by atoms with Crippen molar-refractivity contribution in [3.05, 3.63) is 68.7 Å². The van der Waals surface area contributed by atoms with Crippen LogP contribution in [0.15, 0.2) is 47.6 Å². The van der Waals surface area contributed by atoms with Crippen LogP contribution in [0.4, 0.5) is 5.69 Å². The molecule has 0 unspecified atom stereocenters. The standard InChI is InChI=1S/C17H16ClN3O4/c1-2-25-16-8-5-14(18)10-13(16)11-19-20-17(22)9-12-3-6-15(7-4-12)21(23)24/h3-8,10-11H,2,9H2,1H3,(H,20,22)/b19-11-. The summed E-state index contributed by atoms with van der Waals surface area (Å²) in [6, 6.07) is 10.9. The SMILES string of the molecule is CCOc1ccc(Cl)cc1/C=N\NC(=O)Cc1ccc([N+](=O)[O-])cc1. The quantitative estimate of drug-likeness (QED) is 0.465. The van der Waals surface area contributed by atoms with Crippen molar-refractivity contribution in [2.24, 2.45) is 5.10 Å². The largest absolute Gasteiger partial charge is 0.493 e. The van der Waals surface area contributed by atoms with Gasteiger partial charge in [-0.05, 0) is 30.7 Å². The molecule has 2 aromatic carbocycles. The van der Waals surface area contributed by atoms with Gasteiger partial charge in [0.15, 0.2) is 0 Å². The minimum absolute atomic E-state index is 0.0217. The monoisotopic (exact) mass is 361 g/mol. The first-order valence-electron chi connectivity index (χ1n) is 7.47. The molecule has 0 saturated heterocycles. The third-order valence-electron chi connectivity index (χ3n) is 3.18. The fourth-order valence-corrected chi connectivity index (χ4v) is 2.22. The second kappa shape index (κ2) is 8.79. The molecule has 0 fully saturated rings. The number of amides is 1. The summed E-state index contributed by atoms with van der Waals surface area (Å²) in [6.07, 6.45) is 1.51. The number of nitrogens with one attached hydrogen (secondary N) is 1. The van der Waals surface area contributed by atoms with Crippen LogP contribution >= 0.6 is 11.6 Å². The van der Waals surface area contributed by atoms with Crippen molar-refractivity contribution in [1.29, 1.82) is 0 Å². The smallest absolute Gasteiger partial charge is 0.269 e. The molecule has 0 aliphatic carbocycles. The molecule has 0 atom stereocenters. The fourth-order valence-electron chi connectivity index (χ4n) is 2.04. The summed E-state index contributed by atoms with van der Waals surface area (Å²) in [4.78, 5) is 22.0. The van der Waals surface area contributed by atoms with E-state index in [0.29, 0.717) is 28.5 Å². The average molecular weight is 362 g/mol. The Kier molecular flexibility index (Phi) is 6.47. The predicted octanol–water partition coefficient (Wildman–Crippen LogP) is 3.34. The van der Waals surface area contributed by atoms with Crippen molar-refractivity contribution in [2.45, 2.75) is 13.3 Å². The first-order chi connectivity index (χ1) is 12.0. The lowest BCUT2D eigenvalue weighted by molar-refractivity contribution is -0.384. The van der Waals surface area contributed by atoms with Gasteiger partial charge >= 0.3 is 0 Å². The zero-order chi connectivity index (χ0) is 18.2. The lowest BCUT2D eigenvalue weighted by atomic mass is 10.1. The van der Waals surface area contributed by atoms with E-state index in [1.807, 2.05) is 6.92 Å². The number of hydrogen-bond donors (Lipinski definition) is 1. The normalized spacial score (nSPS) is 10.6. The fraction of sp³-hybridized carbons (Fsp3) is 0.176. The van der Waals surface area contributed by atoms with E-state index in [-0.39, 0.29) is 18.0 Å². The molecule has 25 heavy (non-hydrogen) atoms. The highest BCUT2D eigenvalue weighted by molar-refractivity contribution is 6.30. The molecule has 2 rings (SSSR count). The van der Waals surface area contributed by atoms with Crippen molar-refractivity contribution in [1.82, 2.24) is 5.43 Å². The number of hydrazone groups is 1. The first kappa shape index (κ1) is 18.4. The topological polar surface area (TPSA) is 93.8 Å². The summed E-state index contributed by atoms with van der Waals surface area (Å²) >= 11 is 5.95. The second-order valence-corrected chi connectivity index (χ2v) is 5.45. The van der Waals surface area contributed by atoms with E-state index >= 15 is 0 Å². The van der Waals surface area contributed by atoms with Crippen molar-refractivity contribution in [3.8, 4) is 5.75 Å². The highest BCUT2D eigenvalue weighted by Gasteiger charge is 2.07. The van der Waals surface area contributed by atoms with E-state index in [9.17, 15) is 14.9 Å². The molecule has 7 nitrogen and oxygen atoms in total. The molecule has 0 heterocycles. The Morgan fingerprint density at radius 2 is 2.04 bits per heavy atom. The van der Waals surface area contributed by atoms with Gasteiger partial charge in [0.05, 0.1) is 24.2 Å². The van der Waals surface area contributed by atoms with Gasteiger partial charge in [0.2, 0.25) is 5.91 Å². The number of halogens is 1. The third-order valence-corrected chi connectivity index (χ3v) is 3.41. The lowest BCUT2D eigenvalue weighted by Crippen LogP contribution is -2.19. The first-order valence-corrected chi connectivity index (χ1v) is 7.85. The summed E-state index contributed by atoms with van der Waals surface area (Å²) in [5, 5.41) is 15.0. The number of non-ortho nitro benzene ring substituents is 1. The summed E-state index contributed by atoms with van der Waals surface area (Å²) in [5.74, 6) is 0.269. The summed E-state index contributed by atoms with van der Waals surface area (Å²) in [7, 11) is 0. The summed E-state index contributed by atoms with van der Waals surface area (Å²) in [5.41, 5.74) is 3.67. The second-order valence-electron chi connectivity index (χ2n) is 5.01. The number of nitrogens with zero attached hydrogens (tertiary/aromatic N) is 2. The maximum absolute atomic E-state index is 11.9. The Morgan fingerprint density at radius 1 is 1.32 bits per heavy atom. The molecule has 0 spiro atoms. The Balaban J connectivity index is 1.96. The molecule has 0 radical (unpaired) electrons. The van der Waals surface area contributed by atoms with E-state index in [1.54, 1.807) is 18.2 Å². The van der Waals surface area contributed by atoms with Gasteiger partial charge in [0, 0.05) is 22.7 Å². The molecular weight excluding hydrogens is 346 g/mol. The molecule has 1 amide bonds. The molecule has 0 aliphatic heterocycles. The minimum atomic E-state index is -0.491. The van der Waals surface area contributed by atoms with Gasteiger partial charge in [-0.15, -0.1) is 0 Å². The van der Waals surface area contributed by atoms with E-state index in [2.05, 4.69) is 10.5 Å². The number of carbonyl (C=O) groups excluding carboxylic acids is 1. The van der Waals surface area contributed by atoms with Gasteiger partial charge in [-0.1, -0.05) is 23.7 Å². The zero-order valence-electron chi connectivity index (χ0n) is 13.4. The zero-order valence-corrected chi connectivity index (χ0v) is 14.2. The molecule has 0 saturated carbocycles. The van der Waals surface area contributed by atoms with Crippen LogP contribution < -0.4 is 10.2 Å². The molecular formula is C17H16ClN3O4. The van der Waals surface area contributed by atoms with Crippen LogP contribution in [0.2, 0.25) is 5.02 Å². The molecule has 0 bridgehead atoms. The number of benzene rings is 2. The van der Waals surface area contributed by atoms with Crippen LogP contribution in [0.3, 0.4) is 0 Å². The molecule has 130 valence electrons. The number of nitro groups is 1. The maximum atomic E-state index is 11.9. The van der Waals surface area contributed by atoms with Gasteiger partial charge in [-0.2, -0.15) is 5.10 Å². The number of hydrogen-bond acceptors (Lipinski definition) is 5. The molecule has 0 aromatic heterocycles. The van der Waals surface area contributed by atoms with Crippen molar-refractivity contribution < 1.29 is 14.5 Å². The van der Waals surface area contributed by atoms with Gasteiger partial charge < -0.3 is 4.74 Å². The predicted molar refractivity (Wildman–Crippen MR) is 95.2 cm³/mol. The van der Waals surface area contributed by atoms with Gasteiger partial charge in [0.1, 0.15) is 5.75 Å². The minimum Gasteiger partial charge on any atom is -0.493 e. The van der Waals surface area contributed by atoms with Crippen molar-refractivity contribution in [3.63, 3.8) is 0 Å². The molecule has 1 N–H and O–H groups in total. The van der Waals surface area contributed by atoms with Crippen molar-refractivity contribution in [2.75, 3.05) is 6.61 Å². The van der Waals surface area contributed by atoms with E-state index in [1.165, 1.54) is 30.5 Å². The Morgan fingerprint density at radius 3 is 2.68 bits per heavy atom. The summed E-state index contributed by atoms with van der Waals surface area (Å²) in [6.45, 7) is 2.36. The Bertz CT molecular complexity index is 791. The van der Waals surface area contributed by atoms with E-state index < -0.39 is 4.92 Å². The van der Waals surface area contributed by atoms with Crippen LogP contribution in [0.25, 0.3) is 0 Å². The van der Waals surface area contributed by atoms with Gasteiger partial charge in [-0.25, -0.2) is 5.43 Å². The molecule has 2 aromatic rings. The van der Waals surface area contributed by atoms with Crippen LogP contribution in [-0.2, 0) is 11.2 Å². The van der Waals surface area contributed by atoms with Crippen LogP contribution in [0, 0.1) is 10.1 Å². The van der Waals surface area contributed by atoms with Crippen molar-refractivity contribution >= 4 is 29.4 Å². The van der Waals surface area contributed by atoms with Crippen LogP contribution in [-0.4, -0.2) is 23.7 Å². The lowest BCUT2D eigenvalue weighted by Gasteiger charge is -2.07. The summed E-state index contributed by atoms with van der Waals surface area (Å²) < 4.78 is 5.46. The van der Waals surface area contributed by atoms with Crippen LogP contribution in [0.1, 0.15) is 18.1 Å². The van der Waals surface area contributed by atoms with Crippen LogP contribution in [0.5, 0.6) is 5.75 Å². The Hall–Kier alpha value is -2.93. The number of rotatable bonds is 7. The Labute approximate surface area is 149 Å². The number of ether oxygens (including phenoxy) is 1. The van der Waals surface area contributed by atoms with E-state index in [0.717, 1.165) is 0 Å².